The van der Waals surface area contributed by atoms with Crippen molar-refractivity contribution in [2.24, 2.45) is 5.73 Å². The molecular weight excluding hydrogens is 262 g/mol. The summed E-state index contributed by atoms with van der Waals surface area (Å²) in [5, 5.41) is 2.87. The number of anilines is 1. The number of benzene rings is 1. The number of pyridine rings is 1. The molecule has 0 unspecified atom stereocenters. The fourth-order valence-electron chi connectivity index (χ4n) is 2.04. The summed E-state index contributed by atoms with van der Waals surface area (Å²) >= 11 is 0. The molecule has 0 spiro atoms. The fourth-order valence-corrected chi connectivity index (χ4v) is 2.04. The molecule has 0 aliphatic carbocycles. The van der Waals surface area contributed by atoms with Gasteiger partial charge in [0.15, 0.2) is 0 Å². The Morgan fingerprint density at radius 2 is 1.90 bits per heavy atom. The van der Waals surface area contributed by atoms with Crippen molar-refractivity contribution in [3.05, 3.63) is 58.9 Å². The Bertz CT molecular complexity index is 706. The Morgan fingerprint density at radius 3 is 2.57 bits per heavy atom. The summed E-state index contributed by atoms with van der Waals surface area (Å²) in [5.74, 6) is 5.40. The van der Waals surface area contributed by atoms with Gasteiger partial charge in [-0.1, -0.05) is 17.9 Å². The zero-order valence-corrected chi connectivity index (χ0v) is 12.1. The van der Waals surface area contributed by atoms with E-state index in [1.165, 1.54) is 6.20 Å². The van der Waals surface area contributed by atoms with Gasteiger partial charge in [0.05, 0.1) is 12.1 Å². The Labute approximate surface area is 124 Å². The van der Waals surface area contributed by atoms with Crippen molar-refractivity contribution >= 4 is 11.6 Å². The number of nitrogens with one attached hydrogen (secondary N) is 1. The smallest absolute Gasteiger partial charge is 0.257 e. The molecule has 0 aliphatic rings. The lowest BCUT2D eigenvalue weighted by Crippen LogP contribution is -2.12. The van der Waals surface area contributed by atoms with E-state index in [0.717, 1.165) is 16.8 Å². The molecule has 3 N–H and O–H groups in total. The zero-order chi connectivity index (χ0) is 15.2. The van der Waals surface area contributed by atoms with E-state index in [-0.39, 0.29) is 12.5 Å². The number of nitrogens with two attached hydrogens (primary N) is 1. The van der Waals surface area contributed by atoms with Crippen molar-refractivity contribution in [2.45, 2.75) is 13.8 Å². The summed E-state index contributed by atoms with van der Waals surface area (Å²) < 4.78 is 0. The molecule has 0 radical (unpaired) electrons. The Balaban J connectivity index is 2.20. The lowest BCUT2D eigenvalue weighted by molar-refractivity contribution is 0.102. The second-order valence-corrected chi connectivity index (χ2v) is 4.80. The molecule has 1 aromatic heterocycles. The van der Waals surface area contributed by atoms with E-state index < -0.39 is 0 Å². The Morgan fingerprint density at radius 1 is 1.19 bits per heavy atom. The molecule has 0 atom stereocenters. The van der Waals surface area contributed by atoms with Gasteiger partial charge in [-0.3, -0.25) is 9.78 Å². The number of hydrogen-bond acceptors (Lipinski definition) is 3. The average molecular weight is 279 g/mol. The first-order valence-electron chi connectivity index (χ1n) is 6.62. The summed E-state index contributed by atoms with van der Waals surface area (Å²) in [4.78, 5) is 16.3. The van der Waals surface area contributed by atoms with Crippen molar-refractivity contribution in [3.8, 4) is 11.8 Å². The van der Waals surface area contributed by atoms with Crippen molar-refractivity contribution in [3.63, 3.8) is 0 Å². The number of nitrogens with zero attached hydrogens (tertiary/aromatic N) is 1. The molecule has 106 valence electrons. The third-order valence-electron chi connectivity index (χ3n) is 2.81. The number of amides is 1. The average Bonchev–Trinajstić information content (AvgIpc) is 2.44. The van der Waals surface area contributed by atoms with Crippen molar-refractivity contribution < 1.29 is 4.79 Å². The third kappa shape index (κ3) is 4.16. The van der Waals surface area contributed by atoms with Gasteiger partial charge in [0.25, 0.3) is 5.91 Å². The van der Waals surface area contributed by atoms with Crippen molar-refractivity contribution in [2.75, 3.05) is 11.9 Å². The number of hydrogen-bond donors (Lipinski definition) is 2. The lowest BCUT2D eigenvalue weighted by Gasteiger charge is -2.07. The minimum atomic E-state index is -0.205. The molecule has 2 rings (SSSR count). The van der Waals surface area contributed by atoms with E-state index >= 15 is 0 Å². The van der Waals surface area contributed by atoms with Crippen LogP contribution in [-0.2, 0) is 0 Å². The van der Waals surface area contributed by atoms with Gasteiger partial charge in [-0.25, -0.2) is 0 Å². The predicted octanol–water partition coefficient (Wildman–Crippen LogP) is 2.26. The van der Waals surface area contributed by atoms with Crippen molar-refractivity contribution in [1.82, 2.24) is 4.98 Å². The molecule has 0 saturated carbocycles. The first kappa shape index (κ1) is 14.8. The minimum absolute atomic E-state index is 0.205. The van der Waals surface area contributed by atoms with Crippen LogP contribution in [0.5, 0.6) is 0 Å². The van der Waals surface area contributed by atoms with Gasteiger partial charge in [0.2, 0.25) is 0 Å². The number of aromatic nitrogens is 1. The van der Waals surface area contributed by atoms with E-state index in [4.69, 9.17) is 5.73 Å². The monoisotopic (exact) mass is 279 g/mol. The highest BCUT2D eigenvalue weighted by atomic mass is 16.1. The third-order valence-corrected chi connectivity index (χ3v) is 2.81. The van der Waals surface area contributed by atoms with Crippen LogP contribution in [-0.4, -0.2) is 17.4 Å². The molecule has 4 heteroatoms. The maximum Gasteiger partial charge on any atom is 0.257 e. The normalized spacial score (nSPS) is 9.67. The highest BCUT2D eigenvalue weighted by Gasteiger charge is 2.07. The van der Waals surface area contributed by atoms with Crippen LogP contribution in [0, 0.1) is 25.7 Å². The van der Waals surface area contributed by atoms with Gasteiger partial charge in [-0.15, -0.1) is 0 Å². The number of rotatable bonds is 2. The Hall–Kier alpha value is -2.64. The highest BCUT2D eigenvalue weighted by Crippen LogP contribution is 2.15. The molecule has 0 fully saturated rings. The van der Waals surface area contributed by atoms with Crippen LogP contribution in [0.25, 0.3) is 0 Å². The van der Waals surface area contributed by atoms with Crippen LogP contribution in [0.15, 0.2) is 36.7 Å². The molecule has 1 amide bonds. The fraction of sp³-hybridized carbons (Fsp3) is 0.176. The van der Waals surface area contributed by atoms with Crippen LogP contribution in [0.3, 0.4) is 0 Å². The lowest BCUT2D eigenvalue weighted by atomic mass is 10.1. The second kappa shape index (κ2) is 6.69. The van der Waals surface area contributed by atoms with Crippen LogP contribution < -0.4 is 11.1 Å². The summed E-state index contributed by atoms with van der Waals surface area (Å²) in [6.45, 7) is 4.26. The summed E-state index contributed by atoms with van der Waals surface area (Å²) in [6, 6.07) is 7.61. The van der Waals surface area contributed by atoms with Gasteiger partial charge in [-0.2, -0.15) is 0 Å². The summed E-state index contributed by atoms with van der Waals surface area (Å²) in [7, 11) is 0. The molecule has 1 heterocycles. The van der Waals surface area contributed by atoms with Crippen LogP contribution in [0.1, 0.15) is 27.0 Å². The van der Waals surface area contributed by atoms with Gasteiger partial charge in [0.1, 0.15) is 0 Å². The molecule has 2 aromatic rings. The first-order chi connectivity index (χ1) is 10.1. The van der Waals surface area contributed by atoms with E-state index in [2.05, 4.69) is 28.2 Å². The summed E-state index contributed by atoms with van der Waals surface area (Å²) in [6.07, 6.45) is 3.13. The van der Waals surface area contributed by atoms with E-state index in [1.807, 2.05) is 26.0 Å². The first-order valence-corrected chi connectivity index (χ1v) is 6.62. The van der Waals surface area contributed by atoms with E-state index in [0.29, 0.717) is 11.1 Å². The molecule has 1 aromatic carbocycles. The van der Waals surface area contributed by atoms with Gasteiger partial charge in [-0.05, 0) is 43.2 Å². The van der Waals surface area contributed by atoms with Crippen LogP contribution in [0.2, 0.25) is 0 Å². The quantitative estimate of drug-likeness (QED) is 0.829. The number of carbonyl (C=O) groups is 1. The van der Waals surface area contributed by atoms with E-state index in [9.17, 15) is 4.79 Å². The maximum atomic E-state index is 12.2. The largest absolute Gasteiger partial charge is 0.322 e. The molecule has 0 saturated heterocycles. The van der Waals surface area contributed by atoms with Crippen LogP contribution >= 0.6 is 0 Å². The highest BCUT2D eigenvalue weighted by molar-refractivity contribution is 6.04. The molecule has 0 aliphatic heterocycles. The summed E-state index contributed by atoms with van der Waals surface area (Å²) in [5.41, 5.74) is 9.46. The van der Waals surface area contributed by atoms with Crippen molar-refractivity contribution in [1.29, 1.82) is 0 Å². The number of aryl methyl sites for hydroxylation is 2. The predicted molar refractivity (Wildman–Crippen MR) is 84.0 cm³/mol. The topological polar surface area (TPSA) is 68.0 Å². The molecule has 21 heavy (non-hydrogen) atoms. The second-order valence-electron chi connectivity index (χ2n) is 4.80. The zero-order valence-electron chi connectivity index (χ0n) is 12.1. The van der Waals surface area contributed by atoms with E-state index in [1.54, 1.807) is 12.3 Å². The maximum absolute atomic E-state index is 12.2. The van der Waals surface area contributed by atoms with Gasteiger partial charge in [0, 0.05) is 23.6 Å². The number of carbonyl (C=O) groups excluding carboxylic acids is 1. The minimum Gasteiger partial charge on any atom is -0.322 e. The standard InChI is InChI=1S/C17H17N3O/c1-12-6-13(2)8-16(7-12)20-17(21)15-9-14(4-3-5-18)10-19-11-15/h6-11H,5,18H2,1-2H3,(H,20,21). The molecule has 4 nitrogen and oxygen atoms in total. The SMILES string of the molecule is Cc1cc(C)cc(NC(=O)c2cncc(C#CCN)c2)c1. The molecular formula is C17H17N3O. The van der Waals surface area contributed by atoms with Gasteiger partial charge >= 0.3 is 0 Å². The Kier molecular flexibility index (Phi) is 4.70. The molecule has 0 bridgehead atoms. The van der Waals surface area contributed by atoms with Gasteiger partial charge < -0.3 is 11.1 Å². The van der Waals surface area contributed by atoms with Crippen LogP contribution in [0.4, 0.5) is 5.69 Å².